The zero-order chi connectivity index (χ0) is 15.1. The van der Waals surface area contributed by atoms with Crippen molar-refractivity contribution in [1.29, 1.82) is 0 Å². The fourth-order valence-electron chi connectivity index (χ4n) is 2.25. The van der Waals surface area contributed by atoms with Crippen molar-refractivity contribution < 1.29 is 9.32 Å². The average molecular weight is 312 g/mol. The van der Waals surface area contributed by atoms with Gasteiger partial charge >= 0.3 is 0 Å². The third-order valence-corrected chi connectivity index (χ3v) is 4.62. The van der Waals surface area contributed by atoms with Gasteiger partial charge in [-0.05, 0) is 12.2 Å². The van der Waals surface area contributed by atoms with Crippen LogP contribution in [0.1, 0.15) is 32.0 Å². The predicted molar refractivity (Wildman–Crippen MR) is 83.1 cm³/mol. The fraction of sp³-hybridized carbons (Fsp3) is 0.786. The van der Waals surface area contributed by atoms with E-state index < -0.39 is 0 Å². The summed E-state index contributed by atoms with van der Waals surface area (Å²) in [5.41, 5.74) is 0. The first-order valence-electron chi connectivity index (χ1n) is 7.62. The number of rotatable bonds is 7. The van der Waals surface area contributed by atoms with Crippen LogP contribution in [0.5, 0.6) is 0 Å². The maximum atomic E-state index is 12.0. The summed E-state index contributed by atoms with van der Waals surface area (Å²) < 4.78 is 5.11. The predicted octanol–water partition coefficient (Wildman–Crippen LogP) is 1.42. The summed E-state index contributed by atoms with van der Waals surface area (Å²) in [6.45, 7) is 8.18. The third kappa shape index (κ3) is 5.00. The number of aryl methyl sites for hydroxylation is 1. The van der Waals surface area contributed by atoms with Crippen LogP contribution >= 0.6 is 11.8 Å². The van der Waals surface area contributed by atoms with Crippen molar-refractivity contribution in [2.45, 2.75) is 33.2 Å². The van der Waals surface area contributed by atoms with E-state index in [1.54, 1.807) is 11.8 Å². The number of nitrogens with zero attached hydrogens (tertiary/aromatic N) is 4. The second-order valence-electron chi connectivity index (χ2n) is 5.17. The van der Waals surface area contributed by atoms with Crippen LogP contribution in [0.15, 0.2) is 4.52 Å². The molecule has 1 aromatic rings. The molecule has 1 aliphatic rings. The van der Waals surface area contributed by atoms with E-state index in [0.717, 1.165) is 50.6 Å². The fourth-order valence-corrected chi connectivity index (χ4v) is 3.04. The first-order chi connectivity index (χ1) is 10.2. The number of amides is 1. The molecule has 0 aromatic carbocycles. The monoisotopic (exact) mass is 312 g/mol. The molecule has 0 spiro atoms. The number of thioether (sulfide) groups is 1. The van der Waals surface area contributed by atoms with Crippen molar-refractivity contribution in [3.05, 3.63) is 11.7 Å². The lowest BCUT2D eigenvalue weighted by Crippen LogP contribution is -2.48. The Labute approximate surface area is 130 Å². The molecule has 0 atom stereocenters. The number of carbonyl (C=O) groups excluding carboxylic acids is 1. The number of carbonyl (C=O) groups is 1. The summed E-state index contributed by atoms with van der Waals surface area (Å²) in [5, 5.41) is 3.97. The van der Waals surface area contributed by atoms with Crippen molar-refractivity contribution in [1.82, 2.24) is 19.9 Å². The molecule has 6 nitrogen and oxygen atoms in total. The van der Waals surface area contributed by atoms with E-state index in [1.807, 2.05) is 11.8 Å². The molecule has 2 rings (SSSR count). The van der Waals surface area contributed by atoms with Gasteiger partial charge in [0, 0.05) is 32.6 Å². The van der Waals surface area contributed by atoms with Gasteiger partial charge in [-0.3, -0.25) is 9.69 Å². The van der Waals surface area contributed by atoms with E-state index in [1.165, 1.54) is 0 Å². The Kier molecular flexibility index (Phi) is 6.50. The van der Waals surface area contributed by atoms with Gasteiger partial charge in [-0.15, -0.1) is 0 Å². The van der Waals surface area contributed by atoms with Crippen molar-refractivity contribution in [3.8, 4) is 0 Å². The number of hydrogen-bond acceptors (Lipinski definition) is 6. The van der Waals surface area contributed by atoms with Gasteiger partial charge in [0.25, 0.3) is 0 Å². The van der Waals surface area contributed by atoms with Crippen LogP contribution in [0.2, 0.25) is 0 Å². The van der Waals surface area contributed by atoms with Gasteiger partial charge in [0.2, 0.25) is 11.8 Å². The molecule has 21 heavy (non-hydrogen) atoms. The first-order valence-corrected chi connectivity index (χ1v) is 8.77. The van der Waals surface area contributed by atoms with Crippen LogP contribution in [0.4, 0.5) is 0 Å². The summed E-state index contributed by atoms with van der Waals surface area (Å²) in [7, 11) is 0. The lowest BCUT2D eigenvalue weighted by molar-refractivity contribution is -0.130. The molecule has 0 N–H and O–H groups in total. The summed E-state index contributed by atoms with van der Waals surface area (Å²) in [4.78, 5) is 20.6. The molecular weight excluding hydrogens is 288 g/mol. The molecule has 0 saturated carbocycles. The van der Waals surface area contributed by atoms with E-state index >= 15 is 0 Å². The molecule has 1 aliphatic heterocycles. The van der Waals surface area contributed by atoms with Gasteiger partial charge in [-0.1, -0.05) is 19.0 Å². The minimum atomic E-state index is 0.265. The standard InChI is InChI=1S/C14H24N4O2S/c1-3-9-21-11-14(19)18-7-5-17(6-8-18)10-12-15-13(4-2)20-16-12/h3-11H2,1-2H3. The van der Waals surface area contributed by atoms with Crippen LogP contribution in [-0.2, 0) is 17.8 Å². The Morgan fingerprint density at radius 1 is 1.29 bits per heavy atom. The van der Waals surface area contributed by atoms with Crippen molar-refractivity contribution in [3.63, 3.8) is 0 Å². The Bertz CT molecular complexity index is 444. The smallest absolute Gasteiger partial charge is 0.232 e. The topological polar surface area (TPSA) is 62.5 Å². The molecule has 0 aliphatic carbocycles. The molecule has 1 aromatic heterocycles. The van der Waals surface area contributed by atoms with E-state index in [4.69, 9.17) is 4.52 Å². The summed E-state index contributed by atoms with van der Waals surface area (Å²) in [5.74, 6) is 3.36. The van der Waals surface area contributed by atoms with E-state index in [2.05, 4.69) is 22.0 Å². The highest BCUT2D eigenvalue weighted by atomic mass is 32.2. The molecule has 118 valence electrons. The van der Waals surface area contributed by atoms with Crippen LogP contribution in [0.3, 0.4) is 0 Å². The highest BCUT2D eigenvalue weighted by molar-refractivity contribution is 7.99. The number of aromatic nitrogens is 2. The van der Waals surface area contributed by atoms with Crippen LogP contribution in [-0.4, -0.2) is 63.5 Å². The van der Waals surface area contributed by atoms with Gasteiger partial charge in [0.15, 0.2) is 5.82 Å². The molecule has 2 heterocycles. The lowest BCUT2D eigenvalue weighted by Gasteiger charge is -2.34. The molecule has 0 bridgehead atoms. The molecule has 0 unspecified atom stereocenters. The van der Waals surface area contributed by atoms with Crippen molar-refractivity contribution in [2.75, 3.05) is 37.7 Å². The number of hydrogen-bond donors (Lipinski definition) is 0. The summed E-state index contributed by atoms with van der Waals surface area (Å²) in [6.07, 6.45) is 1.89. The highest BCUT2D eigenvalue weighted by Gasteiger charge is 2.21. The second-order valence-corrected chi connectivity index (χ2v) is 6.27. The van der Waals surface area contributed by atoms with Gasteiger partial charge in [0.05, 0.1) is 12.3 Å². The molecule has 7 heteroatoms. The number of piperazine rings is 1. The van der Waals surface area contributed by atoms with Crippen LogP contribution in [0.25, 0.3) is 0 Å². The third-order valence-electron chi connectivity index (χ3n) is 3.48. The Hall–Kier alpha value is -1.08. The van der Waals surface area contributed by atoms with Crippen molar-refractivity contribution >= 4 is 17.7 Å². The Balaban J connectivity index is 1.71. The molecule has 1 fully saturated rings. The van der Waals surface area contributed by atoms with Crippen molar-refractivity contribution in [2.24, 2.45) is 0 Å². The Morgan fingerprint density at radius 3 is 2.67 bits per heavy atom. The van der Waals surface area contributed by atoms with Gasteiger partial charge < -0.3 is 9.42 Å². The molecule has 1 saturated heterocycles. The average Bonchev–Trinajstić information content (AvgIpc) is 2.96. The van der Waals surface area contributed by atoms with E-state index in [0.29, 0.717) is 18.2 Å². The first kappa shape index (κ1) is 16.3. The molecule has 0 radical (unpaired) electrons. The second kappa shape index (κ2) is 8.38. The largest absolute Gasteiger partial charge is 0.339 e. The Morgan fingerprint density at radius 2 is 2.05 bits per heavy atom. The molecular formula is C14H24N4O2S. The summed E-state index contributed by atoms with van der Waals surface area (Å²) in [6, 6.07) is 0. The van der Waals surface area contributed by atoms with E-state index in [-0.39, 0.29) is 5.91 Å². The zero-order valence-electron chi connectivity index (χ0n) is 12.9. The summed E-state index contributed by atoms with van der Waals surface area (Å²) >= 11 is 1.73. The SMILES string of the molecule is CCCSCC(=O)N1CCN(Cc2noc(CC)n2)CC1. The highest BCUT2D eigenvalue weighted by Crippen LogP contribution is 2.10. The maximum Gasteiger partial charge on any atom is 0.232 e. The van der Waals surface area contributed by atoms with Crippen LogP contribution < -0.4 is 0 Å². The maximum absolute atomic E-state index is 12.0. The van der Waals surface area contributed by atoms with Gasteiger partial charge in [0.1, 0.15) is 0 Å². The van der Waals surface area contributed by atoms with E-state index in [9.17, 15) is 4.79 Å². The molecule has 1 amide bonds. The normalized spacial score (nSPS) is 16.4. The quantitative estimate of drug-likeness (QED) is 0.710. The van der Waals surface area contributed by atoms with Gasteiger partial charge in [-0.2, -0.15) is 16.7 Å². The van der Waals surface area contributed by atoms with Gasteiger partial charge in [-0.25, -0.2) is 0 Å². The van der Waals surface area contributed by atoms with Crippen LogP contribution in [0, 0.1) is 0 Å². The zero-order valence-corrected chi connectivity index (χ0v) is 13.7. The minimum absolute atomic E-state index is 0.265. The minimum Gasteiger partial charge on any atom is -0.339 e. The lowest BCUT2D eigenvalue weighted by atomic mass is 10.3.